The fraction of sp³-hybridized carbons (Fsp3) is 0.286. The summed E-state index contributed by atoms with van der Waals surface area (Å²) in [7, 11) is 0. The number of ether oxygens (including phenoxy) is 1. The molecule has 22 heavy (non-hydrogen) atoms. The summed E-state index contributed by atoms with van der Waals surface area (Å²) >= 11 is 10.9. The van der Waals surface area contributed by atoms with Crippen LogP contribution < -0.4 is 15.4 Å². The first-order chi connectivity index (χ1) is 10.5. The number of carbonyl (C=O) groups is 1. The SMILES string of the molecule is CCOc1c(Br)cc(Cl)cc1NC(=O)NCc1cnc(C)s1. The van der Waals surface area contributed by atoms with Gasteiger partial charge in [-0.05, 0) is 41.9 Å². The minimum Gasteiger partial charge on any atom is -0.491 e. The number of nitrogens with one attached hydrogen (secondary N) is 2. The van der Waals surface area contributed by atoms with Gasteiger partial charge in [-0.3, -0.25) is 0 Å². The summed E-state index contributed by atoms with van der Waals surface area (Å²) in [4.78, 5) is 17.2. The largest absolute Gasteiger partial charge is 0.491 e. The molecule has 1 heterocycles. The molecule has 0 aliphatic carbocycles. The summed E-state index contributed by atoms with van der Waals surface area (Å²) in [5, 5.41) is 6.99. The number of urea groups is 1. The predicted octanol–water partition coefficient (Wildman–Crippen LogP) is 4.59. The van der Waals surface area contributed by atoms with Gasteiger partial charge >= 0.3 is 6.03 Å². The van der Waals surface area contributed by atoms with Gasteiger partial charge in [-0.2, -0.15) is 0 Å². The molecule has 2 rings (SSSR count). The summed E-state index contributed by atoms with van der Waals surface area (Å²) in [5.74, 6) is 0.552. The Morgan fingerprint density at radius 3 is 2.91 bits per heavy atom. The van der Waals surface area contributed by atoms with Gasteiger partial charge in [0.2, 0.25) is 0 Å². The van der Waals surface area contributed by atoms with Gasteiger partial charge in [0.1, 0.15) is 0 Å². The Morgan fingerprint density at radius 2 is 2.27 bits per heavy atom. The minimum atomic E-state index is -0.332. The molecule has 2 amide bonds. The van der Waals surface area contributed by atoms with Crippen LogP contribution in [0.4, 0.5) is 10.5 Å². The zero-order valence-corrected chi connectivity index (χ0v) is 15.2. The van der Waals surface area contributed by atoms with Crippen LogP contribution in [0.25, 0.3) is 0 Å². The number of thiazole rings is 1. The van der Waals surface area contributed by atoms with Gasteiger partial charge in [-0.15, -0.1) is 11.3 Å². The van der Waals surface area contributed by atoms with Crippen molar-refractivity contribution in [3.63, 3.8) is 0 Å². The van der Waals surface area contributed by atoms with Gasteiger partial charge in [0.15, 0.2) is 5.75 Å². The van der Waals surface area contributed by atoms with Crippen molar-refractivity contribution in [1.29, 1.82) is 0 Å². The maximum Gasteiger partial charge on any atom is 0.319 e. The second kappa shape index (κ2) is 7.80. The zero-order chi connectivity index (χ0) is 16.1. The van der Waals surface area contributed by atoms with Crippen LogP contribution >= 0.6 is 38.9 Å². The lowest BCUT2D eigenvalue weighted by Crippen LogP contribution is -2.28. The van der Waals surface area contributed by atoms with Crippen molar-refractivity contribution in [2.24, 2.45) is 0 Å². The number of hydrogen-bond acceptors (Lipinski definition) is 4. The number of aryl methyl sites for hydroxylation is 1. The third-order valence-corrected chi connectivity index (χ3v) is 4.36. The summed E-state index contributed by atoms with van der Waals surface area (Å²) < 4.78 is 6.22. The van der Waals surface area contributed by atoms with Crippen LogP contribution in [0.1, 0.15) is 16.8 Å². The molecule has 0 saturated heterocycles. The Hall–Kier alpha value is -1.31. The van der Waals surface area contributed by atoms with E-state index in [9.17, 15) is 4.79 Å². The van der Waals surface area contributed by atoms with Crippen LogP contribution in [0.3, 0.4) is 0 Å². The highest BCUT2D eigenvalue weighted by molar-refractivity contribution is 9.10. The van der Waals surface area contributed by atoms with Crippen LogP contribution in [0.2, 0.25) is 5.02 Å². The van der Waals surface area contributed by atoms with E-state index >= 15 is 0 Å². The third kappa shape index (κ3) is 4.59. The van der Waals surface area contributed by atoms with Crippen LogP contribution in [0, 0.1) is 6.92 Å². The predicted molar refractivity (Wildman–Crippen MR) is 93.0 cm³/mol. The lowest BCUT2D eigenvalue weighted by Gasteiger charge is -2.14. The van der Waals surface area contributed by atoms with Crippen molar-refractivity contribution in [2.45, 2.75) is 20.4 Å². The number of halogens is 2. The average molecular weight is 405 g/mol. The Morgan fingerprint density at radius 1 is 1.50 bits per heavy atom. The van der Waals surface area contributed by atoms with E-state index in [0.717, 1.165) is 9.88 Å². The van der Waals surface area contributed by atoms with E-state index in [0.29, 0.717) is 34.1 Å². The Kier molecular flexibility index (Phi) is 6.05. The van der Waals surface area contributed by atoms with E-state index in [2.05, 4.69) is 31.5 Å². The highest BCUT2D eigenvalue weighted by Gasteiger charge is 2.13. The number of rotatable bonds is 5. The molecule has 0 spiro atoms. The molecular weight excluding hydrogens is 390 g/mol. The number of anilines is 1. The normalized spacial score (nSPS) is 10.4. The summed E-state index contributed by atoms with van der Waals surface area (Å²) in [6, 6.07) is 3.03. The highest BCUT2D eigenvalue weighted by atomic mass is 79.9. The molecule has 0 atom stereocenters. The van der Waals surface area contributed by atoms with Crippen LogP contribution in [0.15, 0.2) is 22.8 Å². The van der Waals surface area contributed by atoms with Gasteiger partial charge in [0, 0.05) is 16.1 Å². The molecule has 0 fully saturated rings. The van der Waals surface area contributed by atoms with E-state index in [-0.39, 0.29) is 6.03 Å². The topological polar surface area (TPSA) is 63.2 Å². The quantitative estimate of drug-likeness (QED) is 0.766. The first-order valence-corrected chi connectivity index (χ1v) is 8.56. The van der Waals surface area contributed by atoms with Crippen molar-refractivity contribution in [3.05, 3.63) is 37.7 Å². The lowest BCUT2D eigenvalue weighted by molar-refractivity contribution is 0.251. The average Bonchev–Trinajstić information content (AvgIpc) is 2.86. The molecule has 0 radical (unpaired) electrons. The van der Waals surface area contributed by atoms with E-state index in [4.69, 9.17) is 16.3 Å². The molecule has 5 nitrogen and oxygen atoms in total. The zero-order valence-electron chi connectivity index (χ0n) is 12.1. The Bertz CT molecular complexity index is 678. The van der Waals surface area contributed by atoms with E-state index in [1.807, 2.05) is 13.8 Å². The van der Waals surface area contributed by atoms with Crippen molar-refractivity contribution >= 4 is 50.6 Å². The molecule has 0 aliphatic heterocycles. The number of aromatic nitrogens is 1. The molecule has 1 aromatic heterocycles. The standard InChI is InChI=1S/C14H15BrClN3O2S/c1-3-21-13-11(15)4-9(16)5-12(13)19-14(20)18-7-10-6-17-8(2)22-10/h4-6H,3,7H2,1-2H3,(H2,18,19,20). The number of carbonyl (C=O) groups excluding carboxylic acids is 1. The Labute approximate surface area is 146 Å². The molecule has 2 N–H and O–H groups in total. The molecule has 0 bridgehead atoms. The minimum absolute atomic E-state index is 0.332. The first kappa shape index (κ1) is 17.1. The van der Waals surface area contributed by atoms with E-state index in [1.165, 1.54) is 0 Å². The molecular formula is C14H15BrClN3O2S. The molecule has 118 valence electrons. The number of hydrogen-bond donors (Lipinski definition) is 2. The van der Waals surface area contributed by atoms with Crippen LogP contribution in [0.5, 0.6) is 5.75 Å². The Balaban J connectivity index is 2.04. The molecule has 0 aliphatic rings. The molecule has 8 heteroatoms. The molecule has 2 aromatic rings. The fourth-order valence-electron chi connectivity index (χ4n) is 1.77. The number of benzene rings is 1. The molecule has 0 unspecified atom stereocenters. The smallest absolute Gasteiger partial charge is 0.319 e. The highest BCUT2D eigenvalue weighted by Crippen LogP contribution is 2.36. The van der Waals surface area contributed by atoms with Gasteiger partial charge < -0.3 is 15.4 Å². The summed E-state index contributed by atoms with van der Waals surface area (Å²) in [6.45, 7) is 4.70. The van der Waals surface area contributed by atoms with Crippen molar-refractivity contribution in [1.82, 2.24) is 10.3 Å². The number of amides is 2. The molecule has 1 aromatic carbocycles. The third-order valence-electron chi connectivity index (χ3n) is 2.64. The fourth-order valence-corrected chi connectivity index (χ4v) is 3.42. The van der Waals surface area contributed by atoms with Crippen molar-refractivity contribution < 1.29 is 9.53 Å². The van der Waals surface area contributed by atoms with Gasteiger partial charge in [-0.25, -0.2) is 9.78 Å². The second-order valence-corrected chi connectivity index (χ2v) is 6.96. The summed E-state index contributed by atoms with van der Waals surface area (Å²) in [5.41, 5.74) is 0.513. The second-order valence-electron chi connectivity index (χ2n) is 4.35. The van der Waals surface area contributed by atoms with Crippen molar-refractivity contribution in [2.75, 3.05) is 11.9 Å². The first-order valence-electron chi connectivity index (χ1n) is 6.57. The van der Waals surface area contributed by atoms with Gasteiger partial charge in [0.25, 0.3) is 0 Å². The lowest BCUT2D eigenvalue weighted by atomic mass is 10.3. The van der Waals surface area contributed by atoms with Gasteiger partial charge in [0.05, 0.1) is 28.3 Å². The maximum atomic E-state index is 12.0. The molecule has 0 saturated carbocycles. The van der Waals surface area contributed by atoms with E-state index < -0.39 is 0 Å². The van der Waals surface area contributed by atoms with Gasteiger partial charge in [-0.1, -0.05) is 11.6 Å². The van der Waals surface area contributed by atoms with Crippen LogP contribution in [-0.2, 0) is 6.54 Å². The maximum absolute atomic E-state index is 12.0. The number of nitrogens with zero attached hydrogens (tertiary/aromatic N) is 1. The van der Waals surface area contributed by atoms with Crippen LogP contribution in [-0.4, -0.2) is 17.6 Å². The summed E-state index contributed by atoms with van der Waals surface area (Å²) in [6.07, 6.45) is 1.75. The monoisotopic (exact) mass is 403 g/mol. The van der Waals surface area contributed by atoms with E-state index in [1.54, 1.807) is 29.7 Å². The van der Waals surface area contributed by atoms with Crippen molar-refractivity contribution in [3.8, 4) is 5.75 Å².